The highest BCUT2D eigenvalue weighted by molar-refractivity contribution is 6.32. The van der Waals surface area contributed by atoms with Crippen LogP contribution in [0.25, 0.3) is 0 Å². The maximum atomic E-state index is 13.3. The molecule has 1 aliphatic heterocycles. The van der Waals surface area contributed by atoms with Gasteiger partial charge in [-0.05, 0) is 36.1 Å². The van der Waals surface area contributed by atoms with E-state index in [0.29, 0.717) is 53.2 Å². The molecule has 11 heteroatoms. The van der Waals surface area contributed by atoms with Gasteiger partial charge in [0, 0.05) is 49.4 Å². The van der Waals surface area contributed by atoms with Crippen LogP contribution in [0.15, 0.2) is 29.8 Å². The number of nitrogens with zero attached hydrogens (tertiary/aromatic N) is 4. The zero-order valence-electron chi connectivity index (χ0n) is 23.0. The first-order chi connectivity index (χ1) is 17.8. The lowest BCUT2D eigenvalue weighted by Gasteiger charge is -2.22. The molecular weight excluding hydrogens is 506 g/mol. The van der Waals surface area contributed by atoms with Gasteiger partial charge in [0.05, 0.1) is 24.9 Å². The average molecular weight is 544 g/mol. The third kappa shape index (κ3) is 6.19. The molecule has 3 rings (SSSR count). The number of amidine groups is 1. The molecule has 2 heterocycles. The Hall–Kier alpha value is -3.37. The Labute approximate surface area is 229 Å². The molecule has 0 bridgehead atoms. The Bertz CT molecular complexity index is 1260. The summed E-state index contributed by atoms with van der Waals surface area (Å²) in [5, 5.41) is 3.64. The smallest absolute Gasteiger partial charge is 0.270 e. The molecular formula is C27H38ClN7O3. The largest absolute Gasteiger partial charge is 0.398 e. The minimum Gasteiger partial charge on any atom is -0.398 e. The first-order valence-electron chi connectivity index (χ1n) is 12.4. The first kappa shape index (κ1) is 29.2. The van der Waals surface area contributed by atoms with E-state index in [1.165, 1.54) is 6.08 Å². The molecule has 1 fully saturated rings. The van der Waals surface area contributed by atoms with Gasteiger partial charge in [0.15, 0.2) is 0 Å². The van der Waals surface area contributed by atoms with Gasteiger partial charge in [0.2, 0.25) is 5.91 Å². The maximum Gasteiger partial charge on any atom is 0.270 e. The van der Waals surface area contributed by atoms with Crippen molar-refractivity contribution in [2.45, 2.75) is 45.7 Å². The average Bonchev–Trinajstić information content (AvgIpc) is 3.35. The van der Waals surface area contributed by atoms with Gasteiger partial charge in [-0.3, -0.25) is 14.6 Å². The number of rotatable bonds is 8. The summed E-state index contributed by atoms with van der Waals surface area (Å²) in [7, 11) is 3.36. The molecule has 10 nitrogen and oxygen atoms in total. The second-order valence-electron chi connectivity index (χ2n) is 10.6. The monoisotopic (exact) mass is 543 g/mol. The van der Waals surface area contributed by atoms with E-state index in [4.69, 9.17) is 27.8 Å². The summed E-state index contributed by atoms with van der Waals surface area (Å²) >= 11 is 6.41. The van der Waals surface area contributed by atoms with Gasteiger partial charge in [-0.25, -0.2) is 4.98 Å². The van der Waals surface area contributed by atoms with Crippen molar-refractivity contribution in [2.75, 3.05) is 32.5 Å². The number of aliphatic imine (C=N–C) groups is 1. The lowest BCUT2D eigenvalue weighted by molar-refractivity contribution is -0.125. The molecule has 0 spiro atoms. The van der Waals surface area contributed by atoms with E-state index in [9.17, 15) is 9.59 Å². The predicted octanol–water partition coefficient (Wildman–Crippen LogP) is 2.56. The van der Waals surface area contributed by atoms with E-state index >= 15 is 0 Å². The fourth-order valence-electron chi connectivity index (χ4n) is 4.74. The molecule has 1 saturated heterocycles. The normalized spacial score (nSPS) is 18.1. The van der Waals surface area contributed by atoms with Crippen LogP contribution in [0.4, 0.5) is 5.69 Å². The van der Waals surface area contributed by atoms with Gasteiger partial charge < -0.3 is 31.0 Å². The molecule has 1 aliphatic rings. The number of carbonyl (C=O) groups excluding carboxylic acids is 2. The highest BCUT2D eigenvalue weighted by Gasteiger charge is 2.36. The van der Waals surface area contributed by atoms with Crippen molar-refractivity contribution in [1.29, 1.82) is 0 Å². The molecule has 1 aromatic heterocycles. The maximum absolute atomic E-state index is 13.3. The minimum atomic E-state index is -0.281. The molecule has 38 heavy (non-hydrogen) atoms. The fraction of sp³-hybridized carbons (Fsp3) is 0.481. The first-order valence-corrected chi connectivity index (χ1v) is 12.8. The summed E-state index contributed by atoms with van der Waals surface area (Å²) < 4.78 is 7.02. The number of anilines is 1. The van der Waals surface area contributed by atoms with E-state index in [1.54, 1.807) is 36.6 Å². The number of hydrogen-bond donors (Lipinski definition) is 3. The second kappa shape index (κ2) is 11.6. The summed E-state index contributed by atoms with van der Waals surface area (Å²) in [6.07, 6.45) is 1.28. The van der Waals surface area contributed by atoms with Gasteiger partial charge in [0.1, 0.15) is 17.4 Å². The molecule has 2 amide bonds. The summed E-state index contributed by atoms with van der Waals surface area (Å²) in [6, 6.07) is 3.30. The number of ether oxygens (including phenoxy) is 1. The van der Waals surface area contributed by atoms with Crippen LogP contribution in [0.3, 0.4) is 0 Å². The number of nitrogens with two attached hydrogens (primary N) is 2. The molecule has 5 N–H and O–H groups in total. The van der Waals surface area contributed by atoms with Crippen LogP contribution >= 0.6 is 11.6 Å². The van der Waals surface area contributed by atoms with Gasteiger partial charge in [0.25, 0.3) is 5.91 Å². The van der Waals surface area contributed by atoms with E-state index in [1.807, 2.05) is 6.07 Å². The van der Waals surface area contributed by atoms with E-state index in [0.717, 1.165) is 5.56 Å². The zero-order valence-corrected chi connectivity index (χ0v) is 23.7. The Morgan fingerprint density at radius 1 is 1.34 bits per heavy atom. The summed E-state index contributed by atoms with van der Waals surface area (Å²) in [4.78, 5) is 36.1. The number of nitrogen functional groups attached to an aromatic ring is 1. The molecule has 2 aromatic rings. The van der Waals surface area contributed by atoms with Crippen LogP contribution in [-0.4, -0.2) is 64.9 Å². The van der Waals surface area contributed by atoms with Gasteiger partial charge in [-0.15, -0.1) is 0 Å². The molecule has 0 radical (unpaired) electrons. The number of aryl methyl sites for hydroxylation is 1. The number of methoxy groups -OCH3 is 1. The zero-order chi connectivity index (χ0) is 28.4. The van der Waals surface area contributed by atoms with Crippen LogP contribution in [0.2, 0.25) is 5.02 Å². The van der Waals surface area contributed by atoms with E-state index in [2.05, 4.69) is 42.6 Å². The Kier molecular flexibility index (Phi) is 8.89. The van der Waals surface area contributed by atoms with Crippen LogP contribution < -0.4 is 16.8 Å². The van der Waals surface area contributed by atoms with Gasteiger partial charge in [-0.2, -0.15) is 0 Å². The van der Waals surface area contributed by atoms with Crippen molar-refractivity contribution < 1.29 is 14.3 Å². The number of aromatic nitrogens is 2. The number of benzene rings is 1. The molecule has 0 aliphatic carbocycles. The molecule has 2 atom stereocenters. The minimum absolute atomic E-state index is 0.0342. The van der Waals surface area contributed by atoms with Gasteiger partial charge in [-0.1, -0.05) is 39.0 Å². The number of hydrogen-bond acceptors (Lipinski definition) is 6. The quantitative estimate of drug-likeness (QED) is 0.202. The van der Waals surface area contributed by atoms with Crippen molar-refractivity contribution in [1.82, 2.24) is 19.8 Å². The van der Waals surface area contributed by atoms with Crippen molar-refractivity contribution in [3.8, 4) is 0 Å². The summed E-state index contributed by atoms with van der Waals surface area (Å²) in [5.41, 5.74) is 15.3. The van der Waals surface area contributed by atoms with E-state index in [-0.39, 0.29) is 41.6 Å². The number of carbonyl (C=O) groups is 2. The second-order valence-corrected chi connectivity index (χ2v) is 11.0. The predicted molar refractivity (Wildman–Crippen MR) is 150 cm³/mol. The number of halogens is 1. The molecule has 0 unspecified atom stereocenters. The van der Waals surface area contributed by atoms with Crippen LogP contribution in [0.5, 0.6) is 0 Å². The van der Waals surface area contributed by atoms with Crippen molar-refractivity contribution >= 4 is 34.9 Å². The van der Waals surface area contributed by atoms with Crippen molar-refractivity contribution in [2.24, 2.45) is 23.7 Å². The van der Waals surface area contributed by atoms with Crippen molar-refractivity contribution in [3.05, 3.63) is 58.1 Å². The van der Waals surface area contributed by atoms with Crippen LogP contribution in [0.1, 0.15) is 53.9 Å². The third-order valence-corrected chi connectivity index (χ3v) is 7.13. The Balaban J connectivity index is 1.80. The number of nitrogens with one attached hydrogen (secondary N) is 1. The van der Waals surface area contributed by atoms with E-state index < -0.39 is 0 Å². The number of amides is 2. The Morgan fingerprint density at radius 2 is 2.03 bits per heavy atom. The van der Waals surface area contributed by atoms with Gasteiger partial charge >= 0.3 is 0 Å². The molecule has 0 saturated carbocycles. The third-order valence-electron chi connectivity index (χ3n) is 6.82. The highest BCUT2D eigenvalue weighted by Crippen LogP contribution is 2.33. The fourth-order valence-corrected chi connectivity index (χ4v) is 5.20. The lowest BCUT2D eigenvalue weighted by atomic mass is 9.85. The Morgan fingerprint density at radius 3 is 2.63 bits per heavy atom. The van der Waals surface area contributed by atoms with Crippen LogP contribution in [-0.2, 0) is 28.5 Å². The van der Waals surface area contributed by atoms with Crippen molar-refractivity contribution in [3.63, 3.8) is 0 Å². The highest BCUT2D eigenvalue weighted by atomic mass is 35.5. The number of imidazole rings is 1. The summed E-state index contributed by atoms with van der Waals surface area (Å²) in [5.74, 6) is 0.344. The molecule has 206 valence electrons. The lowest BCUT2D eigenvalue weighted by Crippen LogP contribution is -2.42. The summed E-state index contributed by atoms with van der Waals surface area (Å²) in [6.45, 7) is 12.9. The van der Waals surface area contributed by atoms with Crippen LogP contribution in [0, 0.1) is 12.8 Å². The molecule has 1 aromatic carbocycles. The SMILES string of the molecule is C=CC(=O)N1C[C@@H](COC)[C@@H](NC(=O)c2c(C)nc(CN=C(N)c3cc(C(C)(C)C)c(Cl)cc3N)n2C)C1. The topological polar surface area (TPSA) is 141 Å². The number of likely N-dealkylation sites (tertiary alicyclic amines) is 1. The standard InChI is InChI=1S/C27H38ClN7O3/c1-8-23(36)35-12-16(14-38-7)21(13-35)33-26(37)24-15(2)32-22(34(24)6)11-31-25(30)17-9-18(27(3,4)5)19(28)10-20(17)29/h8-10,16,21H,1,11-14,29H2,2-7H3,(H2,30,31)(H,33,37)/t16-,21-/m0/s1.